The van der Waals surface area contributed by atoms with Gasteiger partial charge in [-0.25, -0.2) is 0 Å². The third kappa shape index (κ3) is 2.83. The SMILES string of the molecule is CNCc1ccc(CN(C)C2CCC2)cc1. The Morgan fingerprint density at radius 2 is 1.81 bits per heavy atom. The van der Waals surface area contributed by atoms with Crippen LogP contribution in [0.5, 0.6) is 0 Å². The Morgan fingerprint density at radius 3 is 2.31 bits per heavy atom. The van der Waals surface area contributed by atoms with Crippen LogP contribution in [0.1, 0.15) is 30.4 Å². The highest BCUT2D eigenvalue weighted by molar-refractivity contribution is 5.22. The Bertz CT molecular complexity index is 314. The van der Waals surface area contributed by atoms with Crippen LogP contribution in [0, 0.1) is 0 Å². The summed E-state index contributed by atoms with van der Waals surface area (Å²) in [4.78, 5) is 2.48. The predicted octanol–water partition coefficient (Wildman–Crippen LogP) is 2.39. The molecule has 0 saturated heterocycles. The second kappa shape index (κ2) is 5.46. The molecule has 2 nitrogen and oxygen atoms in total. The van der Waals surface area contributed by atoms with Gasteiger partial charge in [-0.15, -0.1) is 0 Å². The summed E-state index contributed by atoms with van der Waals surface area (Å²) < 4.78 is 0. The average molecular weight is 218 g/mol. The second-order valence-electron chi connectivity index (χ2n) is 4.85. The molecule has 1 fully saturated rings. The third-order valence-corrected chi connectivity index (χ3v) is 3.53. The van der Waals surface area contributed by atoms with E-state index in [4.69, 9.17) is 0 Å². The number of rotatable bonds is 5. The summed E-state index contributed by atoms with van der Waals surface area (Å²) in [7, 11) is 4.23. The summed E-state index contributed by atoms with van der Waals surface area (Å²) in [5.74, 6) is 0. The minimum atomic E-state index is 0.831. The highest BCUT2D eigenvalue weighted by Gasteiger charge is 2.21. The molecule has 0 aromatic heterocycles. The van der Waals surface area contributed by atoms with Crippen LogP contribution in [-0.2, 0) is 13.1 Å². The lowest BCUT2D eigenvalue weighted by molar-refractivity contribution is 0.152. The van der Waals surface area contributed by atoms with E-state index in [0.717, 1.165) is 19.1 Å². The van der Waals surface area contributed by atoms with E-state index < -0.39 is 0 Å². The molecule has 0 atom stereocenters. The van der Waals surface area contributed by atoms with E-state index in [0.29, 0.717) is 0 Å². The Labute approximate surface area is 98.7 Å². The number of hydrogen-bond donors (Lipinski definition) is 1. The molecule has 1 N–H and O–H groups in total. The monoisotopic (exact) mass is 218 g/mol. The lowest BCUT2D eigenvalue weighted by Crippen LogP contribution is -2.36. The summed E-state index contributed by atoms with van der Waals surface area (Å²) in [6.07, 6.45) is 4.18. The van der Waals surface area contributed by atoms with E-state index in [-0.39, 0.29) is 0 Å². The molecule has 88 valence electrons. The lowest BCUT2D eigenvalue weighted by Gasteiger charge is -2.34. The first-order valence-corrected chi connectivity index (χ1v) is 6.22. The predicted molar refractivity (Wildman–Crippen MR) is 68.3 cm³/mol. The molecule has 0 amide bonds. The van der Waals surface area contributed by atoms with Gasteiger partial charge in [0.05, 0.1) is 0 Å². The molecule has 0 bridgehead atoms. The van der Waals surface area contributed by atoms with Crippen LogP contribution in [0.25, 0.3) is 0 Å². The van der Waals surface area contributed by atoms with E-state index in [1.165, 1.54) is 30.4 Å². The van der Waals surface area contributed by atoms with Crippen molar-refractivity contribution in [2.45, 2.75) is 38.4 Å². The van der Waals surface area contributed by atoms with Crippen molar-refractivity contribution >= 4 is 0 Å². The molecule has 2 rings (SSSR count). The highest BCUT2D eigenvalue weighted by Crippen LogP contribution is 2.24. The molecule has 0 aliphatic heterocycles. The molecular formula is C14H22N2. The van der Waals surface area contributed by atoms with Gasteiger partial charge in [-0.05, 0) is 38.1 Å². The van der Waals surface area contributed by atoms with Crippen molar-refractivity contribution in [1.82, 2.24) is 10.2 Å². The second-order valence-corrected chi connectivity index (χ2v) is 4.85. The van der Waals surface area contributed by atoms with Gasteiger partial charge in [0.25, 0.3) is 0 Å². The van der Waals surface area contributed by atoms with Crippen LogP contribution in [0.3, 0.4) is 0 Å². The van der Waals surface area contributed by atoms with Crippen LogP contribution >= 0.6 is 0 Å². The summed E-state index contributed by atoms with van der Waals surface area (Å²) in [6, 6.07) is 9.78. The van der Waals surface area contributed by atoms with Crippen molar-refractivity contribution in [2.75, 3.05) is 14.1 Å². The van der Waals surface area contributed by atoms with Gasteiger partial charge in [0, 0.05) is 19.1 Å². The zero-order valence-corrected chi connectivity index (χ0v) is 10.4. The highest BCUT2D eigenvalue weighted by atomic mass is 15.1. The molecule has 0 unspecified atom stereocenters. The lowest BCUT2D eigenvalue weighted by atomic mass is 9.91. The largest absolute Gasteiger partial charge is 0.316 e. The van der Waals surface area contributed by atoms with Crippen LogP contribution in [0.2, 0.25) is 0 Å². The van der Waals surface area contributed by atoms with Gasteiger partial charge in [-0.1, -0.05) is 30.7 Å². The van der Waals surface area contributed by atoms with Crippen molar-refractivity contribution in [3.05, 3.63) is 35.4 Å². The molecule has 0 spiro atoms. The van der Waals surface area contributed by atoms with Crippen LogP contribution in [0.15, 0.2) is 24.3 Å². The fourth-order valence-corrected chi connectivity index (χ4v) is 2.21. The van der Waals surface area contributed by atoms with Crippen molar-refractivity contribution in [2.24, 2.45) is 0 Å². The number of nitrogens with zero attached hydrogens (tertiary/aromatic N) is 1. The molecule has 2 heteroatoms. The normalized spacial score (nSPS) is 16.4. The number of nitrogens with one attached hydrogen (secondary N) is 1. The zero-order chi connectivity index (χ0) is 11.4. The maximum Gasteiger partial charge on any atom is 0.0233 e. The fourth-order valence-electron chi connectivity index (χ4n) is 2.21. The minimum Gasteiger partial charge on any atom is -0.316 e. The minimum absolute atomic E-state index is 0.831. The van der Waals surface area contributed by atoms with E-state index in [1.54, 1.807) is 0 Å². The molecule has 1 saturated carbocycles. The average Bonchev–Trinajstić information content (AvgIpc) is 2.18. The first kappa shape index (κ1) is 11.6. The number of benzene rings is 1. The van der Waals surface area contributed by atoms with Gasteiger partial charge in [0.1, 0.15) is 0 Å². The Balaban J connectivity index is 1.88. The fraction of sp³-hybridized carbons (Fsp3) is 0.571. The van der Waals surface area contributed by atoms with Crippen molar-refractivity contribution in [3.8, 4) is 0 Å². The smallest absolute Gasteiger partial charge is 0.0233 e. The topological polar surface area (TPSA) is 15.3 Å². The van der Waals surface area contributed by atoms with E-state index in [1.807, 2.05) is 7.05 Å². The van der Waals surface area contributed by atoms with Gasteiger partial charge >= 0.3 is 0 Å². The molecule has 16 heavy (non-hydrogen) atoms. The first-order chi connectivity index (χ1) is 7.79. The maximum absolute atomic E-state index is 3.17. The van der Waals surface area contributed by atoms with Crippen molar-refractivity contribution in [3.63, 3.8) is 0 Å². The standard InChI is InChI=1S/C14H22N2/c1-15-10-12-6-8-13(9-7-12)11-16(2)14-4-3-5-14/h6-9,14-15H,3-5,10-11H2,1-2H3. The molecular weight excluding hydrogens is 196 g/mol. The van der Waals surface area contributed by atoms with Crippen LogP contribution < -0.4 is 5.32 Å². The molecule has 1 aliphatic rings. The van der Waals surface area contributed by atoms with E-state index >= 15 is 0 Å². The van der Waals surface area contributed by atoms with Crippen molar-refractivity contribution in [1.29, 1.82) is 0 Å². The Hall–Kier alpha value is -0.860. The first-order valence-electron chi connectivity index (χ1n) is 6.22. The quantitative estimate of drug-likeness (QED) is 0.816. The van der Waals surface area contributed by atoms with Gasteiger partial charge in [0.2, 0.25) is 0 Å². The summed E-state index contributed by atoms with van der Waals surface area (Å²) in [6.45, 7) is 2.04. The molecule has 1 aromatic rings. The Kier molecular flexibility index (Phi) is 3.97. The van der Waals surface area contributed by atoms with Gasteiger partial charge in [-0.3, -0.25) is 4.90 Å². The van der Waals surface area contributed by atoms with Gasteiger partial charge < -0.3 is 5.32 Å². The van der Waals surface area contributed by atoms with Crippen LogP contribution in [0.4, 0.5) is 0 Å². The number of hydrogen-bond acceptors (Lipinski definition) is 2. The zero-order valence-electron chi connectivity index (χ0n) is 10.4. The van der Waals surface area contributed by atoms with Crippen LogP contribution in [-0.4, -0.2) is 25.0 Å². The summed E-state index contributed by atoms with van der Waals surface area (Å²) in [5.41, 5.74) is 2.78. The van der Waals surface area contributed by atoms with Crippen molar-refractivity contribution < 1.29 is 0 Å². The molecule has 1 aromatic carbocycles. The Morgan fingerprint density at radius 1 is 1.19 bits per heavy atom. The third-order valence-electron chi connectivity index (χ3n) is 3.53. The van der Waals surface area contributed by atoms with Gasteiger partial charge in [0.15, 0.2) is 0 Å². The summed E-state index contributed by atoms with van der Waals surface area (Å²) >= 11 is 0. The molecule has 0 radical (unpaired) electrons. The van der Waals surface area contributed by atoms with Gasteiger partial charge in [-0.2, -0.15) is 0 Å². The molecule has 1 aliphatic carbocycles. The van der Waals surface area contributed by atoms with E-state index in [2.05, 4.69) is 41.5 Å². The summed E-state index contributed by atoms with van der Waals surface area (Å²) in [5, 5.41) is 3.17. The molecule has 0 heterocycles. The maximum atomic E-state index is 3.17. The van der Waals surface area contributed by atoms with E-state index in [9.17, 15) is 0 Å².